The minimum Gasteiger partial charge on any atom is -0.493 e. The molecule has 1 fully saturated rings. The number of piperidine rings is 1. The minimum absolute atomic E-state index is 0.0806. The van der Waals surface area contributed by atoms with E-state index in [1.54, 1.807) is 24.1 Å². The first-order valence-corrected chi connectivity index (χ1v) is 9.64. The summed E-state index contributed by atoms with van der Waals surface area (Å²) in [5, 5.41) is 8.80. The van der Waals surface area contributed by atoms with Crippen LogP contribution in [-0.2, 0) is 14.3 Å². The van der Waals surface area contributed by atoms with E-state index in [0.717, 1.165) is 11.1 Å². The summed E-state index contributed by atoms with van der Waals surface area (Å²) in [7, 11) is 3.08. The average Bonchev–Trinajstić information content (AvgIpc) is 2.77. The number of benzene rings is 2. The molecule has 30 heavy (non-hydrogen) atoms. The second-order valence-corrected chi connectivity index (χ2v) is 7.07. The van der Waals surface area contributed by atoms with E-state index in [4.69, 9.17) is 19.5 Å². The van der Waals surface area contributed by atoms with E-state index in [2.05, 4.69) is 0 Å². The molecule has 1 aliphatic heterocycles. The topological polar surface area (TPSA) is 88.9 Å². The Kier molecular flexibility index (Phi) is 6.58. The Bertz CT molecular complexity index is 965. The first-order chi connectivity index (χ1) is 14.5. The summed E-state index contributed by atoms with van der Waals surface area (Å²) in [4.78, 5) is 27.4. The Morgan fingerprint density at radius 2 is 1.83 bits per heavy atom. The summed E-state index contributed by atoms with van der Waals surface area (Å²) in [5.74, 6) is -0.144. The van der Waals surface area contributed by atoms with Gasteiger partial charge in [-0.25, -0.2) is 0 Å². The molecule has 0 aromatic heterocycles. The average molecular weight is 408 g/mol. The third-order valence-electron chi connectivity index (χ3n) is 5.24. The largest absolute Gasteiger partial charge is 0.493 e. The molecule has 2 atom stereocenters. The van der Waals surface area contributed by atoms with Crippen LogP contribution in [0.2, 0.25) is 0 Å². The lowest BCUT2D eigenvalue weighted by atomic mass is 9.83. The number of hydrogen-bond donors (Lipinski definition) is 0. The highest BCUT2D eigenvalue weighted by Crippen LogP contribution is 2.42. The van der Waals surface area contributed by atoms with E-state index in [0.29, 0.717) is 23.6 Å². The lowest BCUT2D eigenvalue weighted by molar-refractivity contribution is -0.149. The van der Waals surface area contributed by atoms with Crippen molar-refractivity contribution in [3.05, 3.63) is 53.6 Å². The molecule has 3 rings (SSSR count). The van der Waals surface area contributed by atoms with Gasteiger partial charge in [0.25, 0.3) is 0 Å². The number of esters is 1. The number of hydrogen-bond acceptors (Lipinski definition) is 6. The molecule has 0 spiro atoms. The maximum absolute atomic E-state index is 13.0. The van der Waals surface area contributed by atoms with Crippen molar-refractivity contribution in [3.63, 3.8) is 0 Å². The van der Waals surface area contributed by atoms with E-state index in [-0.39, 0.29) is 18.9 Å². The van der Waals surface area contributed by atoms with Crippen LogP contribution in [0.1, 0.15) is 30.0 Å². The fourth-order valence-electron chi connectivity index (χ4n) is 3.78. The van der Waals surface area contributed by atoms with Crippen LogP contribution < -0.4 is 14.4 Å². The molecule has 1 heterocycles. The summed E-state index contributed by atoms with van der Waals surface area (Å²) in [5.41, 5.74) is 2.49. The number of carbonyl (C=O) groups excluding carboxylic acids is 2. The van der Waals surface area contributed by atoms with E-state index >= 15 is 0 Å². The van der Waals surface area contributed by atoms with Gasteiger partial charge < -0.3 is 19.1 Å². The van der Waals surface area contributed by atoms with Gasteiger partial charge in [-0.1, -0.05) is 23.8 Å². The number of carbonyl (C=O) groups is 2. The van der Waals surface area contributed by atoms with Gasteiger partial charge in [0.1, 0.15) is 6.07 Å². The molecule has 0 radical (unpaired) electrons. The van der Waals surface area contributed by atoms with Gasteiger partial charge in [0.15, 0.2) is 18.1 Å². The molecule has 7 heteroatoms. The lowest BCUT2D eigenvalue weighted by Gasteiger charge is -2.40. The van der Waals surface area contributed by atoms with Crippen molar-refractivity contribution >= 4 is 17.6 Å². The van der Waals surface area contributed by atoms with Gasteiger partial charge in [-0.15, -0.1) is 0 Å². The molecule has 156 valence electrons. The van der Waals surface area contributed by atoms with Crippen molar-refractivity contribution in [1.29, 1.82) is 5.26 Å². The second-order valence-electron chi connectivity index (χ2n) is 7.07. The molecule has 2 aromatic carbocycles. The lowest BCUT2D eigenvalue weighted by Crippen LogP contribution is -2.46. The number of nitrogens with zero attached hydrogens (tertiary/aromatic N) is 2. The van der Waals surface area contributed by atoms with Crippen LogP contribution in [0.15, 0.2) is 42.5 Å². The highest BCUT2D eigenvalue weighted by molar-refractivity contribution is 5.97. The summed E-state index contributed by atoms with van der Waals surface area (Å²) >= 11 is 0. The van der Waals surface area contributed by atoms with Crippen LogP contribution >= 0.6 is 0 Å². The van der Waals surface area contributed by atoms with Gasteiger partial charge >= 0.3 is 5.97 Å². The smallest absolute Gasteiger partial charge is 0.312 e. The molecule has 1 amide bonds. The summed E-state index contributed by atoms with van der Waals surface area (Å²) < 4.78 is 15.9. The zero-order valence-corrected chi connectivity index (χ0v) is 17.3. The predicted octanol–water partition coefficient (Wildman–Crippen LogP) is 3.56. The van der Waals surface area contributed by atoms with Crippen LogP contribution in [0.25, 0.3) is 0 Å². The van der Waals surface area contributed by atoms with E-state index < -0.39 is 17.9 Å². The van der Waals surface area contributed by atoms with Crippen LogP contribution in [0, 0.1) is 24.2 Å². The molecule has 0 N–H and O–H groups in total. The Labute approximate surface area is 175 Å². The van der Waals surface area contributed by atoms with Gasteiger partial charge in [0.05, 0.1) is 26.2 Å². The van der Waals surface area contributed by atoms with Crippen LogP contribution in [0.3, 0.4) is 0 Å². The number of aryl methyl sites for hydroxylation is 1. The van der Waals surface area contributed by atoms with Gasteiger partial charge in [0, 0.05) is 12.1 Å². The third-order valence-corrected chi connectivity index (χ3v) is 5.24. The van der Waals surface area contributed by atoms with Crippen molar-refractivity contribution in [2.45, 2.75) is 25.8 Å². The zero-order valence-electron chi connectivity index (χ0n) is 17.3. The second kappa shape index (κ2) is 9.31. The zero-order chi connectivity index (χ0) is 21.7. The van der Waals surface area contributed by atoms with Gasteiger partial charge in [0.2, 0.25) is 5.91 Å². The Morgan fingerprint density at radius 3 is 2.47 bits per heavy atom. The fraction of sp³-hybridized carbons (Fsp3) is 0.348. The highest BCUT2D eigenvalue weighted by Gasteiger charge is 2.42. The molecule has 0 unspecified atom stereocenters. The fourth-order valence-corrected chi connectivity index (χ4v) is 3.78. The number of anilines is 1. The number of nitriles is 1. The molecule has 1 saturated heterocycles. The molecular formula is C23H24N2O5. The SMILES string of the molecule is COc1ccc([C@H]2[C@@H](C(=O)OCC#N)CCC(=O)N2c2ccc(C)cc2)cc1OC. The number of methoxy groups -OCH3 is 2. The van der Waals surface area contributed by atoms with E-state index in [9.17, 15) is 9.59 Å². The summed E-state index contributed by atoms with van der Waals surface area (Å²) in [6.07, 6.45) is 0.550. The monoisotopic (exact) mass is 408 g/mol. The summed E-state index contributed by atoms with van der Waals surface area (Å²) in [6.45, 7) is 1.64. The Morgan fingerprint density at radius 1 is 1.13 bits per heavy atom. The van der Waals surface area contributed by atoms with Crippen LogP contribution in [-0.4, -0.2) is 32.7 Å². The first kappa shape index (κ1) is 21.2. The van der Waals surface area contributed by atoms with Gasteiger partial charge in [-0.3, -0.25) is 9.59 Å². The quantitative estimate of drug-likeness (QED) is 0.679. The maximum Gasteiger partial charge on any atom is 0.312 e. The molecule has 7 nitrogen and oxygen atoms in total. The standard InChI is InChI=1S/C23H24N2O5/c1-15-4-7-17(8-5-15)25-21(26)11-9-18(23(27)30-13-12-24)22(25)16-6-10-19(28-2)20(14-16)29-3/h4-8,10,14,18,22H,9,11,13H2,1-3H3/t18-,22-/m0/s1. The van der Waals surface area contributed by atoms with Crippen molar-refractivity contribution < 1.29 is 23.8 Å². The van der Waals surface area contributed by atoms with Gasteiger partial charge in [-0.2, -0.15) is 5.26 Å². The predicted molar refractivity (Wildman–Crippen MR) is 110 cm³/mol. The van der Waals surface area contributed by atoms with E-state index in [1.165, 1.54) is 7.11 Å². The summed E-state index contributed by atoms with van der Waals surface area (Å²) in [6, 6.07) is 14.1. The van der Waals surface area contributed by atoms with Crippen molar-refractivity contribution in [3.8, 4) is 17.6 Å². The van der Waals surface area contributed by atoms with Crippen LogP contribution in [0.5, 0.6) is 11.5 Å². The molecule has 2 aromatic rings. The van der Waals surface area contributed by atoms with Crippen molar-refractivity contribution in [1.82, 2.24) is 0 Å². The molecule has 0 saturated carbocycles. The number of rotatable bonds is 6. The Hall–Kier alpha value is -3.53. The van der Waals surface area contributed by atoms with E-state index in [1.807, 2.05) is 43.3 Å². The number of ether oxygens (including phenoxy) is 3. The van der Waals surface area contributed by atoms with Crippen molar-refractivity contribution in [2.75, 3.05) is 25.7 Å². The third kappa shape index (κ3) is 4.23. The van der Waals surface area contributed by atoms with Crippen molar-refractivity contribution in [2.24, 2.45) is 5.92 Å². The van der Waals surface area contributed by atoms with Crippen LogP contribution in [0.4, 0.5) is 5.69 Å². The molecule has 1 aliphatic rings. The number of amides is 1. The minimum atomic E-state index is -0.615. The molecule has 0 bridgehead atoms. The maximum atomic E-state index is 13.0. The van der Waals surface area contributed by atoms with Gasteiger partial charge in [-0.05, 0) is 43.2 Å². The highest BCUT2D eigenvalue weighted by atomic mass is 16.5. The molecule has 0 aliphatic carbocycles. The molecular weight excluding hydrogens is 384 g/mol. The Balaban J connectivity index is 2.11. The first-order valence-electron chi connectivity index (χ1n) is 9.64. The normalized spacial score (nSPS) is 18.5.